The van der Waals surface area contributed by atoms with Crippen molar-refractivity contribution in [2.45, 2.75) is 26.6 Å². The number of pyridine rings is 1. The third-order valence-corrected chi connectivity index (χ3v) is 6.94. The maximum atomic E-state index is 13.7. The third kappa shape index (κ3) is 4.75. The van der Waals surface area contributed by atoms with Crippen LogP contribution < -0.4 is 15.6 Å². The van der Waals surface area contributed by atoms with E-state index in [0.29, 0.717) is 17.0 Å². The lowest BCUT2D eigenvalue weighted by atomic mass is 10.1. The summed E-state index contributed by atoms with van der Waals surface area (Å²) in [5.41, 5.74) is 2.35. The molecule has 1 aromatic heterocycles. The van der Waals surface area contributed by atoms with Crippen LogP contribution in [-0.4, -0.2) is 25.3 Å². The number of benzene rings is 2. The number of aromatic amines is 1. The van der Waals surface area contributed by atoms with Gasteiger partial charge in [0.05, 0.1) is 25.9 Å². The quantitative estimate of drug-likeness (QED) is 0.452. The molecule has 7 nitrogen and oxygen atoms in total. The average molecular weight is 430 g/mol. The molecule has 0 aliphatic rings. The van der Waals surface area contributed by atoms with Gasteiger partial charge in [-0.3, -0.25) is 9.36 Å². The van der Waals surface area contributed by atoms with Crippen molar-refractivity contribution in [2.24, 2.45) is 0 Å². The molecule has 160 valence electrons. The summed E-state index contributed by atoms with van der Waals surface area (Å²) in [4.78, 5) is 15.8. The molecule has 0 spiro atoms. The number of aryl methyl sites for hydroxylation is 1. The molecule has 0 amide bonds. The van der Waals surface area contributed by atoms with Crippen LogP contribution in [0.1, 0.15) is 30.8 Å². The second-order valence-corrected chi connectivity index (χ2v) is 8.91. The highest BCUT2D eigenvalue weighted by Gasteiger charge is 2.39. The summed E-state index contributed by atoms with van der Waals surface area (Å²) in [5.74, 6) is -0.333. The zero-order chi connectivity index (χ0) is 21.7. The highest BCUT2D eigenvalue weighted by Crippen LogP contribution is 2.60. The van der Waals surface area contributed by atoms with Crippen molar-refractivity contribution in [3.63, 3.8) is 0 Å². The summed E-state index contributed by atoms with van der Waals surface area (Å²) in [6.45, 7) is 5.83. The molecule has 0 saturated carbocycles. The van der Waals surface area contributed by atoms with Crippen LogP contribution in [0.15, 0.2) is 53.3 Å². The van der Waals surface area contributed by atoms with Crippen molar-refractivity contribution in [2.75, 3.05) is 25.6 Å². The Bertz CT molecular complexity index is 1100. The number of nitrogens with one attached hydrogen (secondary N) is 2. The van der Waals surface area contributed by atoms with Crippen LogP contribution in [0.5, 0.6) is 5.75 Å². The molecule has 1 heterocycles. The van der Waals surface area contributed by atoms with Gasteiger partial charge in [-0.25, -0.2) is 0 Å². The van der Waals surface area contributed by atoms with Gasteiger partial charge in [0, 0.05) is 16.6 Å². The Balaban J connectivity index is 2.17. The zero-order valence-corrected chi connectivity index (χ0v) is 18.5. The summed E-state index contributed by atoms with van der Waals surface area (Å²) in [7, 11) is -2.14. The predicted molar refractivity (Wildman–Crippen MR) is 120 cm³/mol. The van der Waals surface area contributed by atoms with Crippen molar-refractivity contribution in [1.82, 2.24) is 4.98 Å². The third-order valence-electron chi connectivity index (χ3n) is 4.66. The van der Waals surface area contributed by atoms with Gasteiger partial charge in [-0.15, -0.1) is 0 Å². The van der Waals surface area contributed by atoms with E-state index in [1.165, 1.54) is 0 Å². The molecule has 0 fully saturated rings. The number of anilines is 1. The average Bonchev–Trinajstić information content (AvgIpc) is 2.73. The van der Waals surface area contributed by atoms with Gasteiger partial charge in [-0.2, -0.15) is 0 Å². The maximum Gasteiger partial charge on any atom is 0.357 e. The Labute approximate surface area is 175 Å². The molecular weight excluding hydrogens is 403 g/mol. The van der Waals surface area contributed by atoms with E-state index in [9.17, 15) is 9.36 Å². The van der Waals surface area contributed by atoms with E-state index in [1.54, 1.807) is 39.2 Å². The highest BCUT2D eigenvalue weighted by molar-refractivity contribution is 7.54. The molecule has 30 heavy (non-hydrogen) atoms. The lowest BCUT2D eigenvalue weighted by Gasteiger charge is -2.28. The molecule has 3 rings (SSSR count). The molecule has 0 aliphatic carbocycles. The minimum Gasteiger partial charge on any atom is -0.497 e. The predicted octanol–water partition coefficient (Wildman–Crippen LogP) is 5.22. The number of hydrogen-bond donors (Lipinski definition) is 2. The topological polar surface area (TPSA) is 89.7 Å². The van der Waals surface area contributed by atoms with Gasteiger partial charge in [-0.1, -0.05) is 17.7 Å². The molecule has 2 N–H and O–H groups in total. The molecule has 1 atom stereocenters. The van der Waals surface area contributed by atoms with Crippen LogP contribution in [0.25, 0.3) is 10.9 Å². The molecular formula is C22H27N2O5P. The lowest BCUT2D eigenvalue weighted by molar-refractivity contribution is 0.214. The van der Waals surface area contributed by atoms with Gasteiger partial charge in [0.25, 0.3) is 5.56 Å². The zero-order valence-electron chi connectivity index (χ0n) is 17.6. The normalized spacial score (nSPS) is 12.7. The first-order chi connectivity index (χ1) is 14.4. The van der Waals surface area contributed by atoms with E-state index in [-0.39, 0.29) is 24.3 Å². The van der Waals surface area contributed by atoms with Crippen LogP contribution >= 0.6 is 7.60 Å². The SMILES string of the molecule is CCOP(=O)(OCC)C(Nc1ccc(C)cc1)c1cc2cc(OC)ccc2[nH]c1=O. The van der Waals surface area contributed by atoms with Crippen LogP contribution in [0.3, 0.4) is 0 Å². The van der Waals surface area contributed by atoms with E-state index in [4.69, 9.17) is 13.8 Å². The molecule has 3 aromatic rings. The smallest absolute Gasteiger partial charge is 0.357 e. The van der Waals surface area contributed by atoms with Gasteiger partial charge < -0.3 is 24.1 Å². The standard InChI is InChI=1S/C22H27N2O5P/c1-5-28-30(26,29-6-2)22(23-17-9-7-15(3)8-10-17)19-14-16-13-18(27-4)11-12-20(16)24-21(19)25/h7-14,22-23H,5-6H2,1-4H3,(H,24,25). The Hall–Kier alpha value is -2.60. The fourth-order valence-electron chi connectivity index (χ4n) is 3.21. The van der Waals surface area contributed by atoms with Gasteiger partial charge >= 0.3 is 7.60 Å². The van der Waals surface area contributed by atoms with E-state index in [0.717, 1.165) is 10.9 Å². The number of rotatable bonds is 9. The van der Waals surface area contributed by atoms with E-state index < -0.39 is 13.4 Å². The number of fused-ring (bicyclic) bond motifs is 1. The first-order valence-corrected chi connectivity index (χ1v) is 11.4. The fraction of sp³-hybridized carbons (Fsp3) is 0.318. The largest absolute Gasteiger partial charge is 0.497 e. The van der Waals surface area contributed by atoms with Gasteiger partial charge in [0.1, 0.15) is 5.75 Å². The minimum atomic E-state index is -3.71. The summed E-state index contributed by atoms with van der Waals surface area (Å²) in [5, 5.41) is 3.95. The van der Waals surface area contributed by atoms with Crippen LogP contribution in [0.2, 0.25) is 0 Å². The van der Waals surface area contributed by atoms with Crippen LogP contribution in [0.4, 0.5) is 5.69 Å². The summed E-state index contributed by atoms with van der Waals surface area (Å²) in [6, 6.07) is 14.6. The maximum absolute atomic E-state index is 13.7. The first kappa shape index (κ1) is 22.1. The number of hydrogen-bond acceptors (Lipinski definition) is 6. The second-order valence-electron chi connectivity index (χ2n) is 6.80. The number of H-pyrrole nitrogens is 1. The van der Waals surface area contributed by atoms with Gasteiger partial charge in [-0.05, 0) is 57.2 Å². The molecule has 1 unspecified atom stereocenters. The van der Waals surface area contributed by atoms with Crippen molar-refractivity contribution >= 4 is 24.2 Å². The molecule has 0 saturated heterocycles. The molecule has 0 radical (unpaired) electrons. The number of methoxy groups -OCH3 is 1. The van der Waals surface area contributed by atoms with Crippen molar-refractivity contribution in [3.05, 3.63) is 70.0 Å². The number of aromatic nitrogens is 1. The van der Waals surface area contributed by atoms with Gasteiger partial charge in [0.15, 0.2) is 5.78 Å². The summed E-state index contributed by atoms with van der Waals surface area (Å²) in [6.07, 6.45) is 0. The fourth-order valence-corrected chi connectivity index (χ4v) is 5.14. The van der Waals surface area contributed by atoms with Crippen molar-refractivity contribution < 1.29 is 18.3 Å². The van der Waals surface area contributed by atoms with Crippen LogP contribution in [-0.2, 0) is 13.6 Å². The lowest BCUT2D eigenvalue weighted by Crippen LogP contribution is -2.23. The van der Waals surface area contributed by atoms with E-state index >= 15 is 0 Å². The monoisotopic (exact) mass is 430 g/mol. The summed E-state index contributed by atoms with van der Waals surface area (Å²) >= 11 is 0. The molecule has 8 heteroatoms. The molecule has 0 bridgehead atoms. The summed E-state index contributed by atoms with van der Waals surface area (Å²) < 4.78 is 30.2. The Morgan fingerprint density at radius 1 is 1.03 bits per heavy atom. The van der Waals surface area contributed by atoms with E-state index in [1.807, 2.05) is 37.3 Å². The first-order valence-electron chi connectivity index (χ1n) is 9.83. The second kappa shape index (κ2) is 9.47. The van der Waals surface area contributed by atoms with Crippen molar-refractivity contribution in [3.8, 4) is 5.75 Å². The van der Waals surface area contributed by atoms with Gasteiger partial charge in [0.2, 0.25) is 0 Å². The Morgan fingerprint density at radius 3 is 2.30 bits per heavy atom. The Kier molecular flexibility index (Phi) is 6.98. The highest BCUT2D eigenvalue weighted by atomic mass is 31.2. The minimum absolute atomic E-state index is 0.183. The van der Waals surface area contributed by atoms with Crippen molar-refractivity contribution in [1.29, 1.82) is 0 Å². The van der Waals surface area contributed by atoms with Crippen LogP contribution in [0, 0.1) is 6.92 Å². The molecule has 2 aromatic carbocycles. The number of ether oxygens (including phenoxy) is 1. The molecule has 0 aliphatic heterocycles. The van der Waals surface area contributed by atoms with E-state index in [2.05, 4.69) is 10.3 Å². The Morgan fingerprint density at radius 2 is 1.70 bits per heavy atom.